The molecule has 2 unspecified atom stereocenters. The van der Waals surface area contributed by atoms with Crippen molar-refractivity contribution in [3.8, 4) is 23.0 Å². The van der Waals surface area contributed by atoms with Crippen molar-refractivity contribution in [2.75, 3.05) is 39.6 Å². The molecule has 2 aliphatic heterocycles. The summed E-state index contributed by atoms with van der Waals surface area (Å²) in [7, 11) is 0. The van der Waals surface area contributed by atoms with Crippen LogP contribution in [0, 0.1) is 0 Å². The van der Waals surface area contributed by atoms with Crippen LogP contribution < -0.4 is 18.9 Å². The molecular weight excluding hydrogens is 808 g/mol. The third-order valence-corrected chi connectivity index (χ3v) is 9.41. The molecule has 0 aliphatic carbocycles. The number of ether oxygens (including phenoxy) is 6. The summed E-state index contributed by atoms with van der Waals surface area (Å²) in [6, 6.07) is 12.2. The molecule has 0 bridgehead atoms. The molecule has 0 aromatic heterocycles. The van der Waals surface area contributed by atoms with Gasteiger partial charge in [-0.15, -0.1) is 0 Å². The van der Waals surface area contributed by atoms with Crippen molar-refractivity contribution in [2.24, 2.45) is 0 Å². The van der Waals surface area contributed by atoms with Crippen LogP contribution in [0.25, 0.3) is 0 Å². The predicted molar refractivity (Wildman–Crippen MR) is 179 cm³/mol. The molecule has 6 rings (SSSR count). The summed E-state index contributed by atoms with van der Waals surface area (Å²) < 4.78 is 206. The van der Waals surface area contributed by atoms with Crippen LogP contribution in [0.4, 0.5) is 52.7 Å². The predicted octanol–water partition coefficient (Wildman–Crippen LogP) is 8.88. The van der Waals surface area contributed by atoms with Crippen molar-refractivity contribution >= 4 is 0 Å². The summed E-state index contributed by atoms with van der Waals surface area (Å²) in [5.41, 5.74) is -13.5. The van der Waals surface area contributed by atoms with Gasteiger partial charge in [-0.25, -0.2) is 0 Å². The number of alkyl halides is 12. The van der Waals surface area contributed by atoms with E-state index in [0.29, 0.717) is 61.7 Å². The number of aliphatic hydroxyl groups is 1. The van der Waals surface area contributed by atoms with E-state index in [1.54, 1.807) is 0 Å². The fourth-order valence-corrected chi connectivity index (χ4v) is 6.31. The van der Waals surface area contributed by atoms with E-state index in [-0.39, 0.29) is 48.4 Å². The Bertz CT molecular complexity index is 1780. The lowest BCUT2D eigenvalue weighted by molar-refractivity contribution is -0.290. The van der Waals surface area contributed by atoms with Gasteiger partial charge in [0.05, 0.1) is 13.2 Å². The van der Waals surface area contributed by atoms with Crippen LogP contribution in [-0.4, -0.2) is 87.8 Å². The van der Waals surface area contributed by atoms with Crippen LogP contribution in [-0.2, 0) is 20.3 Å². The normalized spacial score (nSPS) is 18.0. The summed E-state index contributed by atoms with van der Waals surface area (Å²) in [5.74, 6) is -0.420. The Kier molecular flexibility index (Phi) is 11.8. The van der Waals surface area contributed by atoms with Gasteiger partial charge in [0.15, 0.2) is 0 Å². The zero-order valence-electron chi connectivity index (χ0n) is 29.6. The molecule has 58 heavy (non-hydrogen) atoms. The number of halogens is 12. The molecule has 1 N–H and O–H groups in total. The van der Waals surface area contributed by atoms with Gasteiger partial charge in [-0.1, -0.05) is 48.5 Å². The molecule has 0 radical (unpaired) electrons. The zero-order valence-corrected chi connectivity index (χ0v) is 29.6. The summed E-state index contributed by atoms with van der Waals surface area (Å²) in [6.07, 6.45) is -25.4. The minimum atomic E-state index is -5.86. The molecule has 314 valence electrons. The number of benzene rings is 4. The maximum absolute atomic E-state index is 14.6. The van der Waals surface area contributed by atoms with Gasteiger partial charge in [-0.2, -0.15) is 52.7 Å². The highest BCUT2D eigenvalue weighted by molar-refractivity contribution is 5.48. The smallest absolute Gasteiger partial charge is 0.411 e. The first-order valence-corrected chi connectivity index (χ1v) is 17.3. The molecule has 0 amide bonds. The van der Waals surface area contributed by atoms with E-state index < -0.39 is 77.1 Å². The Morgan fingerprint density at radius 1 is 0.431 bits per heavy atom. The Labute approximate surface area is 322 Å². The largest absolute Gasteiger partial charge is 0.491 e. The second-order valence-electron chi connectivity index (χ2n) is 13.4. The quantitative estimate of drug-likeness (QED) is 0.0892. The molecule has 2 heterocycles. The summed E-state index contributed by atoms with van der Waals surface area (Å²) in [5, 5.41) is 10.4. The molecule has 0 spiro atoms. The fraction of sp³-hybridized carbons (Fsp3) is 0.385. The van der Waals surface area contributed by atoms with Gasteiger partial charge in [0.2, 0.25) is 10.8 Å². The van der Waals surface area contributed by atoms with Gasteiger partial charge in [-0.3, -0.25) is 0 Å². The van der Waals surface area contributed by atoms with E-state index in [2.05, 4.69) is 0 Å². The van der Waals surface area contributed by atoms with Crippen LogP contribution in [0.3, 0.4) is 0 Å². The first kappa shape index (κ1) is 42.7. The summed E-state index contributed by atoms with van der Waals surface area (Å²) in [6.45, 7) is -0.282. The highest BCUT2D eigenvalue weighted by Gasteiger charge is 2.73. The van der Waals surface area contributed by atoms with Crippen molar-refractivity contribution in [1.82, 2.24) is 0 Å². The Morgan fingerprint density at radius 3 is 0.862 bits per heavy atom. The second-order valence-corrected chi connectivity index (χ2v) is 13.4. The third-order valence-electron chi connectivity index (χ3n) is 9.41. The highest BCUT2D eigenvalue weighted by Crippen LogP contribution is 2.58. The lowest BCUT2D eigenvalue weighted by atomic mass is 9.73. The molecule has 2 fully saturated rings. The standard InChI is InChI=1S/C39H32F12O7/c40-36(41,42)34(37(43,44)45,25-5-13-30(14-6-25)55-19-32-21-57-32)23-1-9-28(10-2-23)53-17-27(52)18-54-29-11-3-24(4-12-29)35(38(46,47)48,39(49,50)51)26-7-15-31(16-8-26)56-20-33-22-58-33/h1-16,27,32-33,52H,17-22H2. The molecule has 7 nitrogen and oxygen atoms in total. The minimum Gasteiger partial charge on any atom is -0.491 e. The van der Waals surface area contributed by atoms with Gasteiger partial charge >= 0.3 is 24.7 Å². The Morgan fingerprint density at radius 2 is 0.655 bits per heavy atom. The minimum absolute atomic E-state index is 0.0365. The molecule has 2 saturated heterocycles. The SMILES string of the molecule is OC(COc1ccc(C(c2ccc(OCC3CO3)cc2)(C(F)(F)F)C(F)(F)F)cc1)COc1ccc(C(c2ccc(OCC3CO3)cc2)(C(F)(F)F)C(F)(F)F)cc1. The van der Waals surface area contributed by atoms with Crippen LogP contribution in [0.15, 0.2) is 97.1 Å². The van der Waals surface area contributed by atoms with Crippen LogP contribution in [0.1, 0.15) is 22.3 Å². The average Bonchev–Trinajstić information content (AvgIpc) is 4.08. The number of aliphatic hydroxyl groups excluding tert-OH is 1. The lowest BCUT2D eigenvalue weighted by Gasteiger charge is -2.38. The zero-order chi connectivity index (χ0) is 42.1. The van der Waals surface area contributed by atoms with Crippen molar-refractivity contribution < 1.29 is 86.2 Å². The monoisotopic (exact) mass is 840 g/mol. The first-order valence-electron chi connectivity index (χ1n) is 17.3. The molecule has 2 aliphatic rings. The molecular formula is C39H32F12O7. The summed E-state index contributed by atoms with van der Waals surface area (Å²) >= 11 is 0. The topological polar surface area (TPSA) is 82.2 Å². The molecule has 4 aromatic rings. The first-order chi connectivity index (χ1) is 27.2. The Hall–Kier alpha value is -4.88. The number of hydrogen-bond donors (Lipinski definition) is 1. The lowest BCUT2D eigenvalue weighted by Crippen LogP contribution is -2.54. The van der Waals surface area contributed by atoms with E-state index in [0.717, 1.165) is 48.5 Å². The molecule has 19 heteroatoms. The average molecular weight is 841 g/mol. The Balaban J connectivity index is 1.11. The second kappa shape index (κ2) is 16.1. The van der Waals surface area contributed by atoms with E-state index in [4.69, 9.17) is 28.4 Å². The molecule has 4 aromatic carbocycles. The third kappa shape index (κ3) is 8.75. The van der Waals surface area contributed by atoms with E-state index in [9.17, 15) is 57.8 Å². The van der Waals surface area contributed by atoms with Gasteiger partial charge in [-0.05, 0) is 70.8 Å². The number of hydrogen-bond acceptors (Lipinski definition) is 7. The molecule has 0 saturated carbocycles. The van der Waals surface area contributed by atoms with Crippen molar-refractivity contribution in [2.45, 2.75) is 53.8 Å². The van der Waals surface area contributed by atoms with Crippen LogP contribution >= 0.6 is 0 Å². The van der Waals surface area contributed by atoms with Crippen molar-refractivity contribution in [3.05, 3.63) is 119 Å². The van der Waals surface area contributed by atoms with Crippen LogP contribution in [0.5, 0.6) is 23.0 Å². The van der Waals surface area contributed by atoms with E-state index >= 15 is 0 Å². The number of epoxide rings is 2. The van der Waals surface area contributed by atoms with Gasteiger partial charge in [0.25, 0.3) is 0 Å². The van der Waals surface area contributed by atoms with Crippen molar-refractivity contribution in [1.29, 1.82) is 0 Å². The molecule has 2 atom stereocenters. The fourth-order valence-electron chi connectivity index (χ4n) is 6.31. The number of rotatable bonds is 16. The maximum atomic E-state index is 14.6. The van der Waals surface area contributed by atoms with Gasteiger partial charge < -0.3 is 33.5 Å². The maximum Gasteiger partial charge on any atom is 0.411 e. The van der Waals surface area contributed by atoms with Crippen molar-refractivity contribution in [3.63, 3.8) is 0 Å². The van der Waals surface area contributed by atoms with Gasteiger partial charge in [0, 0.05) is 0 Å². The van der Waals surface area contributed by atoms with E-state index in [1.165, 1.54) is 0 Å². The highest BCUT2D eigenvalue weighted by atomic mass is 19.4. The van der Waals surface area contributed by atoms with E-state index in [1.807, 2.05) is 0 Å². The van der Waals surface area contributed by atoms with Crippen LogP contribution in [0.2, 0.25) is 0 Å². The van der Waals surface area contributed by atoms with Gasteiger partial charge in [0.1, 0.15) is 67.7 Å². The summed E-state index contributed by atoms with van der Waals surface area (Å²) in [4.78, 5) is 0.